The molecule has 2 fully saturated rings. The first-order valence-corrected chi connectivity index (χ1v) is 10.3. The number of esters is 1. The summed E-state index contributed by atoms with van der Waals surface area (Å²) >= 11 is 0. The fraction of sp³-hybridized carbons (Fsp3) is 0.636. The molecular formula is C22H29NO4. The Labute approximate surface area is 160 Å². The normalized spacial score (nSPS) is 32.7. The van der Waals surface area contributed by atoms with E-state index in [0.717, 1.165) is 24.1 Å². The first-order valence-electron chi connectivity index (χ1n) is 10.3. The minimum atomic E-state index is -0.450. The summed E-state index contributed by atoms with van der Waals surface area (Å²) in [6.07, 6.45) is 6.20. The van der Waals surface area contributed by atoms with Crippen molar-refractivity contribution in [3.63, 3.8) is 0 Å². The quantitative estimate of drug-likeness (QED) is 0.825. The first kappa shape index (κ1) is 18.5. The van der Waals surface area contributed by atoms with Gasteiger partial charge in [0, 0.05) is 11.6 Å². The van der Waals surface area contributed by atoms with Crippen molar-refractivity contribution in [3.05, 3.63) is 29.8 Å². The summed E-state index contributed by atoms with van der Waals surface area (Å²) in [6.45, 7) is 2.00. The van der Waals surface area contributed by atoms with Gasteiger partial charge in [0.2, 0.25) is 5.91 Å². The molecule has 0 aromatic heterocycles. The lowest BCUT2D eigenvalue weighted by Crippen LogP contribution is -2.43. The molecule has 5 heteroatoms. The standard InChI is InChI=1S/C22H29NO4/c1-2-27-20(25)13-23-18-10-6-5-9-16(18)21(22(23)26)17-11-14-7-3-4-8-15(14)12-19(17)24/h5-6,9-10,14-15,17,19,21,24H,2-4,7-8,11-13H2,1H3. The Kier molecular flexibility index (Phi) is 5.22. The van der Waals surface area contributed by atoms with Crippen molar-refractivity contribution in [2.45, 2.75) is 57.5 Å². The predicted octanol–water partition coefficient (Wildman–Crippen LogP) is 3.26. The van der Waals surface area contributed by atoms with Crippen LogP contribution in [-0.2, 0) is 14.3 Å². The number of aliphatic hydroxyl groups is 1. The van der Waals surface area contributed by atoms with Crippen LogP contribution in [0, 0.1) is 17.8 Å². The third-order valence-corrected chi connectivity index (χ3v) is 6.80. The van der Waals surface area contributed by atoms with Gasteiger partial charge in [-0.25, -0.2) is 0 Å². The summed E-state index contributed by atoms with van der Waals surface area (Å²) in [5.74, 6) is 0.345. The molecule has 5 nitrogen and oxygen atoms in total. The molecule has 0 radical (unpaired) electrons. The molecule has 1 aliphatic heterocycles. The fourth-order valence-corrected chi connectivity index (χ4v) is 5.58. The molecule has 2 aliphatic carbocycles. The maximum Gasteiger partial charge on any atom is 0.326 e. The molecule has 0 spiro atoms. The van der Waals surface area contributed by atoms with E-state index in [9.17, 15) is 14.7 Å². The van der Waals surface area contributed by atoms with Crippen LogP contribution in [0.25, 0.3) is 0 Å². The molecule has 1 heterocycles. The van der Waals surface area contributed by atoms with Crippen molar-refractivity contribution in [1.29, 1.82) is 0 Å². The average Bonchev–Trinajstić information content (AvgIpc) is 2.93. The third kappa shape index (κ3) is 3.38. The number of hydrogen-bond donors (Lipinski definition) is 1. The molecule has 1 aromatic rings. The van der Waals surface area contributed by atoms with Crippen LogP contribution in [0.3, 0.4) is 0 Å². The van der Waals surface area contributed by atoms with E-state index in [2.05, 4.69) is 0 Å². The van der Waals surface area contributed by atoms with Crippen LogP contribution in [0.2, 0.25) is 0 Å². The van der Waals surface area contributed by atoms with Gasteiger partial charge in [-0.15, -0.1) is 0 Å². The van der Waals surface area contributed by atoms with Crippen molar-refractivity contribution in [3.8, 4) is 0 Å². The van der Waals surface area contributed by atoms with Gasteiger partial charge in [0.1, 0.15) is 6.54 Å². The largest absolute Gasteiger partial charge is 0.465 e. The Bertz CT molecular complexity index is 718. The van der Waals surface area contributed by atoms with E-state index < -0.39 is 12.1 Å². The highest BCUT2D eigenvalue weighted by Gasteiger charge is 2.48. The molecule has 2 saturated carbocycles. The second kappa shape index (κ2) is 7.63. The van der Waals surface area contributed by atoms with Crippen LogP contribution in [0.4, 0.5) is 5.69 Å². The maximum atomic E-state index is 13.3. The van der Waals surface area contributed by atoms with Crippen LogP contribution in [-0.4, -0.2) is 36.2 Å². The number of nitrogens with zero attached hydrogens (tertiary/aromatic N) is 1. The molecule has 1 aromatic carbocycles. The molecule has 0 bridgehead atoms. The number of rotatable bonds is 4. The van der Waals surface area contributed by atoms with E-state index in [1.807, 2.05) is 24.3 Å². The highest BCUT2D eigenvalue weighted by molar-refractivity contribution is 6.07. The molecule has 1 amide bonds. The molecule has 4 rings (SSSR count). The summed E-state index contributed by atoms with van der Waals surface area (Å²) < 4.78 is 5.06. The molecule has 5 atom stereocenters. The number of aliphatic hydroxyl groups excluding tert-OH is 1. The monoisotopic (exact) mass is 371 g/mol. The number of hydrogen-bond acceptors (Lipinski definition) is 4. The minimum Gasteiger partial charge on any atom is -0.465 e. The van der Waals surface area contributed by atoms with E-state index in [1.165, 1.54) is 25.7 Å². The van der Waals surface area contributed by atoms with Gasteiger partial charge >= 0.3 is 5.97 Å². The zero-order chi connectivity index (χ0) is 19.0. The second-order valence-corrected chi connectivity index (χ2v) is 8.27. The lowest BCUT2D eigenvalue weighted by atomic mass is 9.63. The number of para-hydroxylation sites is 1. The van der Waals surface area contributed by atoms with E-state index in [0.29, 0.717) is 18.4 Å². The van der Waals surface area contributed by atoms with Crippen LogP contribution in [0.1, 0.15) is 56.9 Å². The van der Waals surface area contributed by atoms with E-state index in [1.54, 1.807) is 11.8 Å². The number of amides is 1. The highest BCUT2D eigenvalue weighted by atomic mass is 16.5. The number of benzene rings is 1. The van der Waals surface area contributed by atoms with Gasteiger partial charge in [0.25, 0.3) is 0 Å². The van der Waals surface area contributed by atoms with Crippen LogP contribution >= 0.6 is 0 Å². The molecule has 27 heavy (non-hydrogen) atoms. The summed E-state index contributed by atoms with van der Waals surface area (Å²) in [6, 6.07) is 7.69. The average molecular weight is 371 g/mol. The van der Waals surface area contributed by atoms with Crippen LogP contribution in [0.15, 0.2) is 24.3 Å². The molecule has 1 N–H and O–H groups in total. The second-order valence-electron chi connectivity index (χ2n) is 8.27. The Hall–Kier alpha value is -1.88. The van der Waals surface area contributed by atoms with Crippen LogP contribution in [0.5, 0.6) is 0 Å². The Morgan fingerprint density at radius 2 is 1.89 bits per heavy atom. The SMILES string of the molecule is CCOC(=O)CN1C(=O)C(C2CC3CCCCC3CC2O)c2ccccc21. The third-order valence-electron chi connectivity index (χ3n) is 6.80. The van der Waals surface area contributed by atoms with Crippen molar-refractivity contribution < 1.29 is 19.4 Å². The fourth-order valence-electron chi connectivity index (χ4n) is 5.58. The van der Waals surface area contributed by atoms with E-state index >= 15 is 0 Å². The number of fused-ring (bicyclic) bond motifs is 2. The number of ether oxygens (including phenoxy) is 1. The molecule has 146 valence electrons. The summed E-state index contributed by atoms with van der Waals surface area (Å²) in [7, 11) is 0. The van der Waals surface area contributed by atoms with Gasteiger partial charge in [0.05, 0.1) is 18.6 Å². The Morgan fingerprint density at radius 3 is 2.63 bits per heavy atom. The first-order chi connectivity index (χ1) is 13.1. The topological polar surface area (TPSA) is 66.8 Å². The zero-order valence-electron chi connectivity index (χ0n) is 16.0. The summed E-state index contributed by atoms with van der Waals surface area (Å²) in [5, 5.41) is 10.9. The van der Waals surface area contributed by atoms with Gasteiger partial charge in [0.15, 0.2) is 0 Å². The molecule has 0 saturated heterocycles. The van der Waals surface area contributed by atoms with Crippen molar-refractivity contribution >= 4 is 17.6 Å². The Balaban J connectivity index is 1.60. The maximum absolute atomic E-state index is 13.3. The number of carbonyl (C=O) groups is 2. The number of anilines is 1. The van der Waals surface area contributed by atoms with Crippen molar-refractivity contribution in [2.24, 2.45) is 17.8 Å². The zero-order valence-corrected chi connectivity index (χ0v) is 16.0. The van der Waals surface area contributed by atoms with Gasteiger partial charge < -0.3 is 14.7 Å². The van der Waals surface area contributed by atoms with Crippen molar-refractivity contribution in [1.82, 2.24) is 0 Å². The Morgan fingerprint density at radius 1 is 1.19 bits per heavy atom. The summed E-state index contributed by atoms with van der Waals surface area (Å²) in [5.41, 5.74) is 1.74. The van der Waals surface area contributed by atoms with Gasteiger partial charge in [-0.05, 0) is 43.2 Å². The van der Waals surface area contributed by atoms with Gasteiger partial charge in [-0.2, -0.15) is 0 Å². The lowest BCUT2D eigenvalue weighted by Gasteiger charge is -2.43. The van der Waals surface area contributed by atoms with E-state index in [4.69, 9.17) is 4.74 Å². The summed E-state index contributed by atoms with van der Waals surface area (Å²) in [4.78, 5) is 26.9. The van der Waals surface area contributed by atoms with E-state index in [-0.39, 0.29) is 24.3 Å². The smallest absolute Gasteiger partial charge is 0.326 e. The highest BCUT2D eigenvalue weighted by Crippen LogP contribution is 2.50. The van der Waals surface area contributed by atoms with Gasteiger partial charge in [-0.1, -0.05) is 43.9 Å². The molecule has 3 aliphatic rings. The number of carbonyl (C=O) groups excluding carboxylic acids is 2. The minimum absolute atomic E-state index is 0.0605. The van der Waals surface area contributed by atoms with Crippen LogP contribution < -0.4 is 4.90 Å². The molecular weight excluding hydrogens is 342 g/mol. The lowest BCUT2D eigenvalue weighted by molar-refractivity contribution is -0.142. The van der Waals surface area contributed by atoms with Crippen molar-refractivity contribution in [2.75, 3.05) is 18.1 Å². The van der Waals surface area contributed by atoms with Gasteiger partial charge in [-0.3, -0.25) is 9.59 Å². The predicted molar refractivity (Wildman–Crippen MR) is 102 cm³/mol. The molecule has 5 unspecified atom stereocenters.